The first kappa shape index (κ1) is 17.7. The van der Waals surface area contributed by atoms with E-state index in [4.69, 9.17) is 21.1 Å². The lowest BCUT2D eigenvalue weighted by atomic mass is 10.2. The second-order valence-electron chi connectivity index (χ2n) is 5.32. The summed E-state index contributed by atoms with van der Waals surface area (Å²) in [5.41, 5.74) is -0.177. The first-order chi connectivity index (χ1) is 12.0. The summed E-state index contributed by atoms with van der Waals surface area (Å²) in [6.07, 6.45) is -0.167. The number of hydrogen-bond acceptors (Lipinski definition) is 6. The standard InChI is InChI=1S/C15H14ClF3N4O2/c1-8(12-10(18)6-9(17)7-20-12)25-14-11(19)13(21-15(16)22-14)23-2-4-24-5-3-23/h6-8H,2-5H2,1H3. The monoisotopic (exact) mass is 374 g/mol. The predicted molar refractivity (Wildman–Crippen MR) is 83.2 cm³/mol. The fourth-order valence-electron chi connectivity index (χ4n) is 2.40. The minimum absolute atomic E-state index is 0.0157. The van der Waals surface area contributed by atoms with E-state index in [-0.39, 0.29) is 16.8 Å². The minimum atomic E-state index is -1.02. The van der Waals surface area contributed by atoms with Gasteiger partial charge in [0.25, 0.3) is 5.88 Å². The number of rotatable bonds is 4. The van der Waals surface area contributed by atoms with Gasteiger partial charge in [0, 0.05) is 19.2 Å². The number of aromatic nitrogens is 3. The Morgan fingerprint density at radius 2 is 1.96 bits per heavy atom. The van der Waals surface area contributed by atoms with Crippen molar-refractivity contribution in [1.82, 2.24) is 15.0 Å². The fourth-order valence-corrected chi connectivity index (χ4v) is 2.56. The summed E-state index contributed by atoms with van der Waals surface area (Å²) in [5, 5.41) is -0.211. The van der Waals surface area contributed by atoms with E-state index >= 15 is 0 Å². The highest BCUT2D eigenvalue weighted by Gasteiger charge is 2.25. The molecule has 3 heterocycles. The van der Waals surface area contributed by atoms with Crippen LogP contribution in [0.1, 0.15) is 18.7 Å². The SMILES string of the molecule is CC(Oc1nc(Cl)nc(N2CCOCC2)c1F)c1ncc(F)cc1F. The molecule has 0 saturated carbocycles. The van der Waals surface area contributed by atoms with Crippen molar-refractivity contribution in [3.63, 3.8) is 0 Å². The van der Waals surface area contributed by atoms with Gasteiger partial charge >= 0.3 is 0 Å². The van der Waals surface area contributed by atoms with E-state index in [1.165, 1.54) is 6.92 Å². The van der Waals surface area contributed by atoms with Crippen molar-refractivity contribution in [1.29, 1.82) is 0 Å². The van der Waals surface area contributed by atoms with Crippen molar-refractivity contribution in [2.24, 2.45) is 0 Å². The Hall–Kier alpha value is -2.13. The van der Waals surface area contributed by atoms with Crippen LogP contribution in [0.15, 0.2) is 12.3 Å². The summed E-state index contributed by atoms with van der Waals surface area (Å²) < 4.78 is 52.1. The zero-order valence-electron chi connectivity index (χ0n) is 13.2. The predicted octanol–water partition coefficient (Wildman–Crippen LogP) is 2.92. The third-order valence-corrected chi connectivity index (χ3v) is 3.77. The minimum Gasteiger partial charge on any atom is -0.466 e. The molecular formula is C15H14ClF3N4O2. The highest BCUT2D eigenvalue weighted by Crippen LogP contribution is 2.30. The molecule has 3 rings (SSSR count). The van der Waals surface area contributed by atoms with Crippen LogP contribution >= 0.6 is 11.6 Å². The highest BCUT2D eigenvalue weighted by atomic mass is 35.5. The van der Waals surface area contributed by atoms with Crippen molar-refractivity contribution >= 4 is 17.4 Å². The maximum Gasteiger partial charge on any atom is 0.257 e. The number of anilines is 1. The van der Waals surface area contributed by atoms with Gasteiger partial charge in [0.05, 0.1) is 19.4 Å². The third kappa shape index (κ3) is 3.93. The summed E-state index contributed by atoms with van der Waals surface area (Å²) in [4.78, 5) is 12.9. The van der Waals surface area contributed by atoms with Crippen molar-refractivity contribution < 1.29 is 22.6 Å². The van der Waals surface area contributed by atoms with E-state index in [0.29, 0.717) is 32.4 Å². The summed E-state index contributed by atoms with van der Waals surface area (Å²) in [5.74, 6) is -2.99. The molecule has 1 aliphatic rings. The lowest BCUT2D eigenvalue weighted by molar-refractivity contribution is 0.121. The van der Waals surface area contributed by atoms with Gasteiger partial charge in [-0.2, -0.15) is 14.4 Å². The van der Waals surface area contributed by atoms with Crippen LogP contribution in [0.3, 0.4) is 0 Å². The molecule has 6 nitrogen and oxygen atoms in total. The molecule has 0 aliphatic carbocycles. The van der Waals surface area contributed by atoms with Crippen molar-refractivity contribution in [3.8, 4) is 5.88 Å². The number of halogens is 4. The highest BCUT2D eigenvalue weighted by molar-refractivity contribution is 6.28. The van der Waals surface area contributed by atoms with Crippen LogP contribution in [-0.4, -0.2) is 41.3 Å². The van der Waals surface area contributed by atoms with Crippen molar-refractivity contribution in [2.75, 3.05) is 31.2 Å². The summed E-state index contributed by atoms with van der Waals surface area (Å²) in [6.45, 7) is 3.17. The van der Waals surface area contributed by atoms with Gasteiger partial charge in [0.15, 0.2) is 11.6 Å². The largest absolute Gasteiger partial charge is 0.466 e. The molecule has 0 radical (unpaired) electrons. The molecule has 2 aromatic rings. The second kappa shape index (κ2) is 7.40. The van der Waals surface area contributed by atoms with E-state index in [0.717, 1.165) is 6.20 Å². The van der Waals surface area contributed by atoms with Crippen LogP contribution in [0.25, 0.3) is 0 Å². The maximum atomic E-state index is 14.7. The molecule has 1 aliphatic heterocycles. The van der Waals surface area contributed by atoms with E-state index in [2.05, 4.69) is 15.0 Å². The Labute approximate surface area is 146 Å². The third-order valence-electron chi connectivity index (χ3n) is 3.60. The lowest BCUT2D eigenvalue weighted by Crippen LogP contribution is -2.37. The van der Waals surface area contributed by atoms with Crippen LogP contribution < -0.4 is 9.64 Å². The average Bonchev–Trinajstić information content (AvgIpc) is 2.58. The fraction of sp³-hybridized carbons (Fsp3) is 0.400. The van der Waals surface area contributed by atoms with Gasteiger partial charge in [-0.05, 0) is 18.5 Å². The smallest absolute Gasteiger partial charge is 0.257 e. The quantitative estimate of drug-likeness (QED) is 0.767. The normalized spacial score (nSPS) is 16.0. The average molecular weight is 375 g/mol. The first-order valence-corrected chi connectivity index (χ1v) is 7.87. The first-order valence-electron chi connectivity index (χ1n) is 7.49. The molecule has 1 fully saturated rings. The lowest BCUT2D eigenvalue weighted by Gasteiger charge is -2.28. The second-order valence-corrected chi connectivity index (χ2v) is 5.65. The van der Waals surface area contributed by atoms with Gasteiger partial charge in [0.2, 0.25) is 11.1 Å². The molecule has 0 bridgehead atoms. The zero-order chi connectivity index (χ0) is 18.0. The van der Waals surface area contributed by atoms with Crippen LogP contribution in [0.2, 0.25) is 5.28 Å². The molecule has 25 heavy (non-hydrogen) atoms. The van der Waals surface area contributed by atoms with E-state index < -0.39 is 29.4 Å². The van der Waals surface area contributed by atoms with Gasteiger partial charge < -0.3 is 14.4 Å². The number of ether oxygens (including phenoxy) is 2. The number of nitrogens with zero attached hydrogens (tertiary/aromatic N) is 4. The summed E-state index contributed by atoms with van der Waals surface area (Å²) in [6, 6.07) is 0.671. The summed E-state index contributed by atoms with van der Waals surface area (Å²) >= 11 is 5.86. The van der Waals surface area contributed by atoms with E-state index in [1.807, 2.05) is 0 Å². The molecule has 0 amide bonds. The zero-order valence-corrected chi connectivity index (χ0v) is 13.9. The topological polar surface area (TPSA) is 60.4 Å². The van der Waals surface area contributed by atoms with Crippen LogP contribution in [0.4, 0.5) is 19.0 Å². The number of pyridine rings is 1. The maximum absolute atomic E-state index is 14.7. The molecule has 0 aromatic carbocycles. The molecular weight excluding hydrogens is 361 g/mol. The Balaban J connectivity index is 1.87. The molecule has 0 N–H and O–H groups in total. The molecule has 134 valence electrons. The molecule has 1 saturated heterocycles. The van der Waals surface area contributed by atoms with Crippen LogP contribution in [0.5, 0.6) is 5.88 Å². The molecule has 0 spiro atoms. The van der Waals surface area contributed by atoms with Gasteiger partial charge in [-0.1, -0.05) is 0 Å². The Bertz CT molecular complexity index is 775. The van der Waals surface area contributed by atoms with Gasteiger partial charge in [0.1, 0.15) is 17.6 Å². The number of morpholine rings is 1. The van der Waals surface area contributed by atoms with Crippen molar-refractivity contribution in [3.05, 3.63) is 40.7 Å². The van der Waals surface area contributed by atoms with Crippen molar-refractivity contribution in [2.45, 2.75) is 13.0 Å². The molecule has 1 atom stereocenters. The van der Waals surface area contributed by atoms with Gasteiger partial charge in [-0.15, -0.1) is 0 Å². The molecule has 1 unspecified atom stereocenters. The van der Waals surface area contributed by atoms with Gasteiger partial charge in [-0.3, -0.25) is 4.98 Å². The Morgan fingerprint density at radius 3 is 2.64 bits per heavy atom. The van der Waals surface area contributed by atoms with E-state index in [9.17, 15) is 13.2 Å². The van der Waals surface area contributed by atoms with E-state index in [1.54, 1.807) is 4.90 Å². The van der Waals surface area contributed by atoms with Crippen LogP contribution in [0, 0.1) is 17.5 Å². The Morgan fingerprint density at radius 1 is 1.24 bits per heavy atom. The molecule has 2 aromatic heterocycles. The Kier molecular flexibility index (Phi) is 5.24. The number of hydrogen-bond donors (Lipinski definition) is 0. The molecule has 10 heteroatoms. The van der Waals surface area contributed by atoms with Crippen LogP contribution in [-0.2, 0) is 4.74 Å². The summed E-state index contributed by atoms with van der Waals surface area (Å²) in [7, 11) is 0. The van der Waals surface area contributed by atoms with Gasteiger partial charge in [-0.25, -0.2) is 8.78 Å².